The summed E-state index contributed by atoms with van der Waals surface area (Å²) >= 11 is 12.4. The van der Waals surface area contributed by atoms with E-state index in [4.69, 9.17) is 39.8 Å². The maximum atomic E-state index is 13.8. The van der Waals surface area contributed by atoms with Gasteiger partial charge in [0.05, 0.1) is 44.5 Å². The number of benzene rings is 2. The molecule has 2 saturated heterocycles. The van der Waals surface area contributed by atoms with E-state index < -0.39 is 29.1 Å². The Hall–Kier alpha value is -7.61. The lowest BCUT2D eigenvalue weighted by Crippen LogP contribution is -2.45. The van der Waals surface area contributed by atoms with Crippen LogP contribution in [0.1, 0.15) is 65.0 Å². The van der Waals surface area contributed by atoms with Crippen LogP contribution >= 0.6 is 23.2 Å². The molecule has 0 aliphatic carbocycles. The second-order valence-electron chi connectivity index (χ2n) is 15.8. The summed E-state index contributed by atoms with van der Waals surface area (Å²) in [6.45, 7) is 3.21. The Morgan fingerprint density at radius 1 is 0.710 bits per heavy atom. The van der Waals surface area contributed by atoms with Gasteiger partial charge in [0, 0.05) is 67.8 Å². The first kappa shape index (κ1) is 49.3. The van der Waals surface area contributed by atoms with Crippen molar-refractivity contribution in [3.63, 3.8) is 0 Å². The number of hydrogen-bond acceptors (Lipinski definition) is 13. The van der Waals surface area contributed by atoms with Crippen LogP contribution in [-0.4, -0.2) is 101 Å². The maximum absolute atomic E-state index is 13.8. The zero-order valence-corrected chi connectivity index (χ0v) is 37.7. The third-order valence-corrected chi connectivity index (χ3v) is 11.9. The van der Waals surface area contributed by atoms with Crippen LogP contribution in [0.25, 0.3) is 22.1 Å². The zero-order valence-electron chi connectivity index (χ0n) is 36.2. The summed E-state index contributed by atoms with van der Waals surface area (Å²) in [4.78, 5) is 62.9. The van der Waals surface area contributed by atoms with Crippen molar-refractivity contribution in [2.45, 2.75) is 45.2 Å². The third-order valence-electron chi connectivity index (χ3n) is 11.3. The average Bonchev–Trinajstić information content (AvgIpc) is 3.94. The predicted octanol–water partition coefficient (Wildman–Crippen LogP) is 8.39. The quantitative estimate of drug-likeness (QED) is 0.0785. The van der Waals surface area contributed by atoms with Crippen molar-refractivity contribution in [3.8, 4) is 0 Å². The van der Waals surface area contributed by atoms with E-state index in [0.717, 1.165) is 83.6 Å². The van der Waals surface area contributed by atoms with Gasteiger partial charge in [0.2, 0.25) is 0 Å². The topological polar surface area (TPSA) is 246 Å². The number of carboxylic acids is 1. The first-order chi connectivity index (χ1) is 32.9. The van der Waals surface area contributed by atoms with Crippen LogP contribution in [0.4, 0.5) is 32.1 Å². The molecule has 2 aromatic carbocycles. The smallest absolute Gasteiger partial charge is 0.338 e. The number of hydrogen-bond donors (Lipinski definition) is 6. The molecule has 2 aliphatic heterocycles. The summed E-state index contributed by atoms with van der Waals surface area (Å²) in [6, 6.07) is 21.5. The number of aromatic amines is 2. The number of nitrogen functional groups attached to an aromatic ring is 1. The van der Waals surface area contributed by atoms with Gasteiger partial charge in [0.15, 0.2) is 17.5 Å². The number of aromatic nitrogens is 8. The number of nitrogens with two attached hydrogens (primary N) is 2. The molecule has 8 N–H and O–H groups in total. The van der Waals surface area contributed by atoms with Gasteiger partial charge in [0.25, 0.3) is 5.91 Å². The standard InChI is InChI=1S/C19H13FN2O2.C17H17ClFN7O.C11H14ClN5.CH4/c20-16-12-21-17(11-15(16)19(23)24)22-18(13-7-3-1-4-8-13)14-9-5-2-6-10-14;18-11-6-22-15-14(11)16(24-8-23-15)26-3-1-9(2-4-26)25-17(27)10-5-13(20)21-7-12(10)19;12-8-5-14-10-9(8)11(16-6-15-10)17-3-1-7(13)2-4-17;/h1-12H,(H,23,24);5-9H,1-4H2,(H2,20,21)(H,25,27)(H,22,23,24);5-7H,1-4,13H2,(H,14,15,16);1H4. The minimum Gasteiger partial charge on any atom is -0.478 e. The van der Waals surface area contributed by atoms with Crippen LogP contribution in [0.3, 0.4) is 0 Å². The second-order valence-corrected chi connectivity index (χ2v) is 16.6. The van der Waals surface area contributed by atoms with Gasteiger partial charge in [-0.3, -0.25) is 4.79 Å². The fourth-order valence-corrected chi connectivity index (χ4v) is 8.25. The Bertz CT molecular complexity index is 3030. The average molecular weight is 978 g/mol. The van der Waals surface area contributed by atoms with Crippen LogP contribution in [0.15, 0.2) is 115 Å². The van der Waals surface area contributed by atoms with Crippen molar-refractivity contribution in [2.75, 3.05) is 41.7 Å². The lowest BCUT2D eigenvalue weighted by Gasteiger charge is -2.33. The number of carboxylic acid groups (broad SMARTS) is 1. The molecule has 69 heavy (non-hydrogen) atoms. The molecule has 0 atom stereocenters. The van der Waals surface area contributed by atoms with E-state index in [1.54, 1.807) is 18.7 Å². The van der Waals surface area contributed by atoms with Crippen molar-refractivity contribution >= 4 is 86.1 Å². The molecule has 1 amide bonds. The Kier molecular flexibility index (Phi) is 16.0. The molecule has 0 saturated carbocycles. The first-order valence-electron chi connectivity index (χ1n) is 21.4. The van der Waals surface area contributed by atoms with Gasteiger partial charge >= 0.3 is 5.97 Å². The molecule has 10 rings (SSSR count). The van der Waals surface area contributed by atoms with E-state index in [1.165, 1.54) is 12.4 Å². The van der Waals surface area contributed by atoms with Crippen LogP contribution in [-0.2, 0) is 0 Å². The molecule has 0 radical (unpaired) electrons. The van der Waals surface area contributed by atoms with E-state index in [9.17, 15) is 18.4 Å². The summed E-state index contributed by atoms with van der Waals surface area (Å²) in [7, 11) is 0. The highest BCUT2D eigenvalue weighted by Crippen LogP contribution is 2.32. The molecule has 0 bridgehead atoms. The minimum absolute atomic E-state index is 0. The number of carbonyl (C=O) groups excluding carboxylic acids is 1. The Morgan fingerprint density at radius 3 is 1.72 bits per heavy atom. The Labute approximate surface area is 405 Å². The van der Waals surface area contributed by atoms with Crippen molar-refractivity contribution in [1.82, 2.24) is 45.2 Å². The molecule has 2 fully saturated rings. The summed E-state index contributed by atoms with van der Waals surface area (Å²) in [5.74, 6) is -1.50. The van der Waals surface area contributed by atoms with Gasteiger partial charge in [-0.15, -0.1) is 0 Å². The normalized spacial score (nSPS) is 13.9. The number of halogens is 4. The van der Waals surface area contributed by atoms with Crippen molar-refractivity contribution in [1.29, 1.82) is 0 Å². The molecule has 2 aliphatic rings. The number of H-pyrrole nitrogens is 2. The Balaban J connectivity index is 0.000000155. The number of nitrogens with zero attached hydrogens (tertiary/aromatic N) is 9. The van der Waals surface area contributed by atoms with E-state index in [0.29, 0.717) is 53.4 Å². The van der Waals surface area contributed by atoms with Crippen LogP contribution in [0, 0.1) is 11.6 Å². The van der Waals surface area contributed by atoms with Crippen LogP contribution < -0.4 is 26.6 Å². The van der Waals surface area contributed by atoms with Gasteiger partial charge in [-0.05, 0) is 31.7 Å². The molecular weight excluding hydrogens is 930 g/mol. The number of amides is 1. The number of pyridine rings is 2. The summed E-state index contributed by atoms with van der Waals surface area (Å²) < 4.78 is 27.3. The first-order valence-corrected chi connectivity index (χ1v) is 22.2. The number of carbonyl (C=O) groups is 2. The monoisotopic (exact) mass is 976 g/mol. The summed E-state index contributed by atoms with van der Waals surface area (Å²) in [5, 5.41) is 14.8. The molecule has 21 heteroatoms. The summed E-state index contributed by atoms with van der Waals surface area (Å²) in [6.07, 6.45) is 11.7. The highest BCUT2D eigenvalue weighted by molar-refractivity contribution is 6.36. The molecule has 0 unspecified atom stereocenters. The molecule has 8 heterocycles. The fraction of sp³-hybridized carbons (Fsp3) is 0.229. The fourth-order valence-electron chi connectivity index (χ4n) is 7.79. The van der Waals surface area contributed by atoms with Gasteiger partial charge in [-0.1, -0.05) is 91.3 Å². The molecule has 17 nitrogen and oxygen atoms in total. The highest BCUT2D eigenvalue weighted by atomic mass is 35.5. The van der Waals surface area contributed by atoms with Crippen LogP contribution in [0.5, 0.6) is 0 Å². The summed E-state index contributed by atoms with van der Waals surface area (Å²) in [5.41, 5.74) is 14.7. The van der Waals surface area contributed by atoms with E-state index in [1.807, 2.05) is 60.7 Å². The largest absolute Gasteiger partial charge is 0.478 e. The molecular formula is C48H48Cl2F2N14O3. The molecule has 6 aromatic heterocycles. The Morgan fingerprint density at radius 2 is 1.20 bits per heavy atom. The zero-order chi connectivity index (χ0) is 47.7. The third kappa shape index (κ3) is 11.7. The highest BCUT2D eigenvalue weighted by Gasteiger charge is 2.26. The van der Waals surface area contributed by atoms with Crippen molar-refractivity contribution in [2.24, 2.45) is 10.7 Å². The lowest BCUT2D eigenvalue weighted by atomic mass is 10.0. The molecule has 0 spiro atoms. The van der Waals surface area contributed by atoms with Gasteiger partial charge in [-0.2, -0.15) is 0 Å². The van der Waals surface area contributed by atoms with Crippen molar-refractivity contribution in [3.05, 3.63) is 154 Å². The molecule has 356 valence electrons. The number of anilines is 3. The second kappa shape index (κ2) is 22.5. The van der Waals surface area contributed by atoms with Crippen molar-refractivity contribution < 1.29 is 23.5 Å². The number of rotatable bonds is 8. The number of aliphatic imine (C=N–C) groups is 1. The number of piperidine rings is 2. The minimum atomic E-state index is -1.35. The van der Waals surface area contributed by atoms with E-state index in [-0.39, 0.29) is 30.7 Å². The van der Waals surface area contributed by atoms with E-state index in [2.05, 4.69) is 60.0 Å². The SMILES string of the molecule is C.NC1CCN(c2ncnc3[nH]cc(Cl)c23)CC1.Nc1cc(C(=O)NC2CCN(c3ncnc4[nH]cc(Cl)c34)CC2)c(F)cn1.O=C(O)c1cc(N=C(c2ccccc2)c2ccccc2)ncc1F. The molecule has 8 aromatic rings. The number of aromatic carboxylic acids is 1. The number of fused-ring (bicyclic) bond motifs is 2. The van der Waals surface area contributed by atoms with E-state index >= 15 is 0 Å². The number of nitrogens with one attached hydrogen (secondary N) is 3. The maximum Gasteiger partial charge on any atom is 0.338 e. The van der Waals surface area contributed by atoms with Crippen LogP contribution in [0.2, 0.25) is 10.0 Å². The van der Waals surface area contributed by atoms with Gasteiger partial charge in [-0.25, -0.2) is 48.5 Å². The lowest BCUT2D eigenvalue weighted by molar-refractivity contribution is 0.0691. The predicted molar refractivity (Wildman–Crippen MR) is 265 cm³/mol. The van der Waals surface area contributed by atoms with Gasteiger partial charge in [0.1, 0.15) is 47.0 Å². The van der Waals surface area contributed by atoms with Gasteiger partial charge < -0.3 is 41.7 Å².